The van der Waals surface area contributed by atoms with Crippen LogP contribution in [0.1, 0.15) is 80.5 Å². The van der Waals surface area contributed by atoms with E-state index in [9.17, 15) is 9.90 Å². The highest BCUT2D eigenvalue weighted by molar-refractivity contribution is 5.74. The molecule has 6 heteroatoms. The minimum Gasteiger partial charge on any atom is -0.507 e. The molecular formula is C35H37N3O3. The highest BCUT2D eigenvalue weighted by Crippen LogP contribution is 2.34. The summed E-state index contributed by atoms with van der Waals surface area (Å²) in [6.45, 7) is 2.09. The fourth-order valence-corrected chi connectivity index (χ4v) is 5.97. The summed E-state index contributed by atoms with van der Waals surface area (Å²) < 4.78 is 5.47. The minimum absolute atomic E-state index is 0.0390. The number of rotatable bonds is 8. The van der Waals surface area contributed by atoms with Crippen LogP contribution in [0.5, 0.6) is 11.5 Å². The molecule has 1 heterocycles. The molecule has 0 bridgehead atoms. The van der Waals surface area contributed by atoms with Crippen LogP contribution in [-0.2, 0) is 30.5 Å². The van der Waals surface area contributed by atoms with Gasteiger partial charge in [0.25, 0.3) is 0 Å². The number of carbonyl (C=O) groups excluding carboxylic acids is 1. The second kappa shape index (κ2) is 12.2. The highest BCUT2D eigenvalue weighted by atomic mass is 16.5. The van der Waals surface area contributed by atoms with E-state index in [0.29, 0.717) is 35.2 Å². The van der Waals surface area contributed by atoms with Gasteiger partial charge in [-0.15, -0.1) is 0 Å². The lowest BCUT2D eigenvalue weighted by molar-refractivity contribution is -0.134. The molecule has 2 aliphatic rings. The summed E-state index contributed by atoms with van der Waals surface area (Å²) in [6.07, 6.45) is 12.4. The Kier molecular flexibility index (Phi) is 8.08. The first kappa shape index (κ1) is 27.1. The summed E-state index contributed by atoms with van der Waals surface area (Å²) >= 11 is 0. The standard InChI is InChI=1S/C35H37N3O3/c1-2-3-4-13-32(40)41-29-18-19-30(31(39)22-29)35-37-33(27-16-14-23-9-5-7-11-25(23)20-27)36-34(38-35)28-17-15-24-10-6-8-12-26(24)21-28/h14-22,39H,2-13H2,1H3. The van der Waals surface area contributed by atoms with E-state index >= 15 is 0 Å². The zero-order chi connectivity index (χ0) is 28.2. The molecule has 0 radical (unpaired) electrons. The molecule has 2 aliphatic carbocycles. The van der Waals surface area contributed by atoms with Gasteiger partial charge in [-0.1, -0.05) is 44.0 Å². The first-order valence-electron chi connectivity index (χ1n) is 15.1. The lowest BCUT2D eigenvalue weighted by Gasteiger charge is -2.18. The molecule has 0 spiro atoms. The number of ether oxygens (including phenoxy) is 1. The second-order valence-corrected chi connectivity index (χ2v) is 11.3. The first-order valence-corrected chi connectivity index (χ1v) is 15.1. The van der Waals surface area contributed by atoms with Crippen molar-refractivity contribution in [2.75, 3.05) is 0 Å². The summed E-state index contributed by atoms with van der Waals surface area (Å²) in [7, 11) is 0. The van der Waals surface area contributed by atoms with E-state index in [1.165, 1.54) is 54.0 Å². The molecule has 0 aliphatic heterocycles. The normalized spacial score (nSPS) is 14.3. The molecular weight excluding hydrogens is 510 g/mol. The molecule has 0 saturated carbocycles. The van der Waals surface area contributed by atoms with Crippen LogP contribution < -0.4 is 4.74 Å². The Morgan fingerprint density at radius 1 is 0.707 bits per heavy atom. The van der Waals surface area contributed by atoms with E-state index in [1.807, 2.05) is 0 Å². The quantitative estimate of drug-likeness (QED) is 0.137. The number of esters is 1. The average Bonchev–Trinajstić information content (AvgIpc) is 3.00. The van der Waals surface area contributed by atoms with E-state index in [2.05, 4.69) is 43.3 Å². The van der Waals surface area contributed by atoms with E-state index in [1.54, 1.807) is 12.1 Å². The summed E-state index contributed by atoms with van der Waals surface area (Å²) in [6, 6.07) is 17.9. The molecule has 4 aromatic rings. The van der Waals surface area contributed by atoms with E-state index in [0.717, 1.165) is 56.1 Å². The molecule has 6 rings (SSSR count). The third kappa shape index (κ3) is 6.17. The van der Waals surface area contributed by atoms with Gasteiger partial charge in [0.05, 0.1) is 5.56 Å². The van der Waals surface area contributed by atoms with Gasteiger partial charge in [-0.05, 0) is 104 Å². The number of hydrogen-bond acceptors (Lipinski definition) is 6. The van der Waals surface area contributed by atoms with Gasteiger partial charge in [-0.2, -0.15) is 0 Å². The van der Waals surface area contributed by atoms with Crippen molar-refractivity contribution in [2.24, 2.45) is 0 Å². The van der Waals surface area contributed by atoms with Crippen LogP contribution in [0.2, 0.25) is 0 Å². The van der Waals surface area contributed by atoms with E-state index in [-0.39, 0.29) is 11.7 Å². The van der Waals surface area contributed by atoms with Gasteiger partial charge in [-0.25, -0.2) is 15.0 Å². The zero-order valence-electron chi connectivity index (χ0n) is 23.8. The van der Waals surface area contributed by atoms with Gasteiger partial charge in [0.15, 0.2) is 17.5 Å². The number of nitrogens with zero attached hydrogens (tertiary/aromatic N) is 3. The Hall–Kier alpha value is -4.06. The van der Waals surface area contributed by atoms with Crippen molar-refractivity contribution in [3.05, 3.63) is 76.9 Å². The fourth-order valence-electron chi connectivity index (χ4n) is 5.97. The molecule has 3 aromatic carbocycles. The molecule has 1 N–H and O–H groups in total. The third-order valence-corrected chi connectivity index (χ3v) is 8.28. The van der Waals surface area contributed by atoms with Crippen molar-refractivity contribution in [1.82, 2.24) is 15.0 Å². The maximum atomic E-state index is 12.2. The van der Waals surface area contributed by atoms with Crippen LogP contribution in [0.3, 0.4) is 0 Å². The van der Waals surface area contributed by atoms with Crippen LogP contribution >= 0.6 is 0 Å². The first-order chi connectivity index (χ1) is 20.1. The van der Waals surface area contributed by atoms with Gasteiger partial charge in [0.1, 0.15) is 11.5 Å². The topological polar surface area (TPSA) is 85.2 Å². The molecule has 0 unspecified atom stereocenters. The number of unbranched alkanes of at least 4 members (excludes halogenated alkanes) is 2. The maximum Gasteiger partial charge on any atom is 0.311 e. The molecule has 1 aromatic heterocycles. The van der Waals surface area contributed by atoms with Crippen LogP contribution in [0.4, 0.5) is 0 Å². The molecule has 0 atom stereocenters. The fraction of sp³-hybridized carbons (Fsp3) is 0.371. The number of phenols is 1. The minimum atomic E-state index is -0.296. The Morgan fingerprint density at radius 2 is 1.27 bits per heavy atom. The van der Waals surface area contributed by atoms with Crippen LogP contribution in [-0.4, -0.2) is 26.0 Å². The number of aromatic hydroxyl groups is 1. The Labute approximate surface area is 241 Å². The van der Waals surface area contributed by atoms with Gasteiger partial charge < -0.3 is 9.84 Å². The molecule has 210 valence electrons. The Balaban J connectivity index is 1.38. The molecule has 0 amide bonds. The van der Waals surface area contributed by atoms with Gasteiger partial charge in [0.2, 0.25) is 0 Å². The monoisotopic (exact) mass is 547 g/mol. The Bertz CT molecular complexity index is 1500. The lowest BCUT2D eigenvalue weighted by Crippen LogP contribution is -2.07. The summed E-state index contributed by atoms with van der Waals surface area (Å²) in [4.78, 5) is 26.9. The smallest absolute Gasteiger partial charge is 0.311 e. The molecule has 41 heavy (non-hydrogen) atoms. The number of hydrogen-bond donors (Lipinski definition) is 1. The highest BCUT2D eigenvalue weighted by Gasteiger charge is 2.19. The van der Waals surface area contributed by atoms with E-state index < -0.39 is 0 Å². The number of carbonyl (C=O) groups is 1. The van der Waals surface area contributed by atoms with Crippen LogP contribution in [0.15, 0.2) is 54.6 Å². The SMILES string of the molecule is CCCCCC(=O)Oc1ccc(-c2nc(-c3ccc4c(c3)CCCC4)nc(-c3ccc4c(c3)CCCC4)n2)c(O)c1. The molecule has 6 nitrogen and oxygen atoms in total. The third-order valence-electron chi connectivity index (χ3n) is 8.28. The van der Waals surface area contributed by atoms with Crippen molar-refractivity contribution >= 4 is 5.97 Å². The Morgan fingerprint density at radius 3 is 1.83 bits per heavy atom. The average molecular weight is 548 g/mol. The van der Waals surface area contributed by atoms with Crippen molar-refractivity contribution in [3.8, 4) is 45.7 Å². The number of phenolic OH excluding ortho intramolecular Hbond substituents is 1. The zero-order valence-corrected chi connectivity index (χ0v) is 23.8. The van der Waals surface area contributed by atoms with Crippen molar-refractivity contribution < 1.29 is 14.6 Å². The molecule has 0 fully saturated rings. The van der Waals surface area contributed by atoms with Crippen LogP contribution in [0, 0.1) is 0 Å². The van der Waals surface area contributed by atoms with Crippen molar-refractivity contribution in [1.29, 1.82) is 0 Å². The summed E-state index contributed by atoms with van der Waals surface area (Å²) in [5.74, 6) is 1.53. The van der Waals surface area contributed by atoms with Crippen LogP contribution in [0.25, 0.3) is 34.2 Å². The van der Waals surface area contributed by atoms with Gasteiger partial charge >= 0.3 is 5.97 Å². The lowest BCUT2D eigenvalue weighted by atomic mass is 9.90. The van der Waals surface area contributed by atoms with Crippen molar-refractivity contribution in [3.63, 3.8) is 0 Å². The summed E-state index contributed by atoms with van der Waals surface area (Å²) in [5, 5.41) is 11.0. The predicted molar refractivity (Wildman–Crippen MR) is 161 cm³/mol. The largest absolute Gasteiger partial charge is 0.507 e. The maximum absolute atomic E-state index is 12.2. The predicted octanol–water partition coefficient (Wildman–Crippen LogP) is 7.82. The second-order valence-electron chi connectivity index (χ2n) is 11.3. The summed E-state index contributed by atoms with van der Waals surface area (Å²) in [5.41, 5.74) is 7.90. The number of fused-ring (bicyclic) bond motifs is 2. The van der Waals surface area contributed by atoms with Crippen molar-refractivity contribution in [2.45, 2.75) is 84.0 Å². The number of aromatic nitrogens is 3. The van der Waals surface area contributed by atoms with Gasteiger partial charge in [0, 0.05) is 23.6 Å². The van der Waals surface area contributed by atoms with E-state index in [4.69, 9.17) is 19.7 Å². The van der Waals surface area contributed by atoms with Gasteiger partial charge in [-0.3, -0.25) is 4.79 Å². The number of aryl methyl sites for hydroxylation is 4. The molecule has 0 saturated heterocycles. The number of benzene rings is 3.